The molecule has 0 saturated heterocycles. The van der Waals surface area contributed by atoms with Gasteiger partial charge in [-0.3, -0.25) is 19.2 Å². The van der Waals surface area contributed by atoms with E-state index in [1.54, 1.807) is 0 Å². The Morgan fingerprint density at radius 2 is 0.845 bits per heavy atom. The van der Waals surface area contributed by atoms with Gasteiger partial charge in [0.2, 0.25) is 0 Å². The van der Waals surface area contributed by atoms with Crippen LogP contribution in [0.25, 0.3) is 0 Å². The van der Waals surface area contributed by atoms with Crippen molar-refractivity contribution in [2.24, 2.45) is 11.8 Å². The number of hydrogen-bond acceptors (Lipinski definition) is 6. The summed E-state index contributed by atoms with van der Waals surface area (Å²) in [5, 5.41) is 22.6. The SMILES string of the molecule is O=C(Nc1cc(F)c(F)c(F)c1)c1ccc(F)c(SC2CCC[C@@H](C(=O)O)C2)c1.O=C(Nc1cc(F)c(F)c(F)c1)c1ccc(F)c(SC2CCC[C@H](C(=O)O)C2)c1. The summed E-state index contributed by atoms with van der Waals surface area (Å²) < 4.78 is 108. The van der Waals surface area contributed by atoms with Crippen LogP contribution in [0, 0.1) is 58.4 Å². The normalized spacial score (nSPS) is 19.0. The molecule has 0 bridgehead atoms. The minimum Gasteiger partial charge on any atom is -0.481 e. The molecule has 308 valence electrons. The number of carboxylic acid groups (broad SMARTS) is 2. The lowest BCUT2D eigenvalue weighted by Gasteiger charge is -2.26. The molecule has 4 atom stereocenters. The van der Waals surface area contributed by atoms with Gasteiger partial charge in [0.05, 0.1) is 11.8 Å². The van der Waals surface area contributed by atoms with Gasteiger partial charge in [0.1, 0.15) is 11.6 Å². The Kier molecular flexibility index (Phi) is 14.8. The number of hydrogen-bond donors (Lipinski definition) is 4. The van der Waals surface area contributed by atoms with Gasteiger partial charge in [-0.1, -0.05) is 12.8 Å². The molecule has 4 aromatic rings. The molecular weight excluding hydrogens is 821 g/mol. The highest BCUT2D eigenvalue weighted by atomic mass is 32.2. The molecular formula is C40H34F8N2O6S2. The van der Waals surface area contributed by atoms with E-state index in [0.29, 0.717) is 49.9 Å². The van der Waals surface area contributed by atoms with Crippen molar-refractivity contribution in [3.05, 3.63) is 118 Å². The van der Waals surface area contributed by atoms with Crippen molar-refractivity contribution in [2.75, 3.05) is 10.6 Å². The number of nitrogens with one attached hydrogen (secondary N) is 2. The average molecular weight is 855 g/mol. The summed E-state index contributed by atoms with van der Waals surface area (Å²) in [4.78, 5) is 47.5. The third-order valence-corrected chi connectivity index (χ3v) is 12.1. The second-order valence-electron chi connectivity index (χ2n) is 13.6. The minimum absolute atomic E-state index is 0.0460. The second kappa shape index (κ2) is 19.6. The molecule has 2 saturated carbocycles. The quantitative estimate of drug-likeness (QED) is 0.0916. The fraction of sp³-hybridized carbons (Fsp3) is 0.300. The number of thioether (sulfide) groups is 2. The molecule has 6 rings (SSSR count). The number of anilines is 2. The first-order chi connectivity index (χ1) is 27.5. The predicted molar refractivity (Wildman–Crippen MR) is 200 cm³/mol. The Balaban J connectivity index is 0.000000221. The summed E-state index contributed by atoms with van der Waals surface area (Å²) >= 11 is 2.34. The largest absolute Gasteiger partial charge is 0.481 e. The molecule has 2 unspecified atom stereocenters. The number of carbonyl (C=O) groups is 4. The summed E-state index contributed by atoms with van der Waals surface area (Å²) in [7, 11) is 0. The van der Waals surface area contributed by atoms with Gasteiger partial charge in [0, 0.05) is 67.1 Å². The highest BCUT2D eigenvalue weighted by molar-refractivity contribution is 8.00. The Hall–Kier alpha value is -5.10. The topological polar surface area (TPSA) is 133 Å². The van der Waals surface area contributed by atoms with E-state index in [4.69, 9.17) is 0 Å². The van der Waals surface area contributed by atoms with Crippen molar-refractivity contribution in [3.8, 4) is 0 Å². The minimum atomic E-state index is -1.64. The summed E-state index contributed by atoms with van der Waals surface area (Å²) in [6.07, 6.45) is 4.89. The van der Waals surface area contributed by atoms with Gasteiger partial charge in [-0.2, -0.15) is 0 Å². The monoisotopic (exact) mass is 854 g/mol. The van der Waals surface area contributed by atoms with Crippen molar-refractivity contribution in [2.45, 2.75) is 71.7 Å². The maximum absolute atomic E-state index is 14.2. The van der Waals surface area contributed by atoms with E-state index >= 15 is 0 Å². The number of amides is 2. The Morgan fingerprint density at radius 3 is 1.17 bits per heavy atom. The van der Waals surface area contributed by atoms with Crippen LogP contribution in [-0.4, -0.2) is 44.5 Å². The van der Waals surface area contributed by atoms with E-state index in [2.05, 4.69) is 10.6 Å². The highest BCUT2D eigenvalue weighted by Crippen LogP contribution is 2.39. The van der Waals surface area contributed by atoms with Gasteiger partial charge in [0.25, 0.3) is 11.8 Å². The number of rotatable bonds is 10. The second-order valence-corrected chi connectivity index (χ2v) is 16.3. The fourth-order valence-electron chi connectivity index (χ4n) is 6.44. The highest BCUT2D eigenvalue weighted by Gasteiger charge is 2.30. The van der Waals surface area contributed by atoms with Crippen molar-refractivity contribution in [3.63, 3.8) is 0 Å². The molecule has 2 fully saturated rings. The van der Waals surface area contributed by atoms with Gasteiger partial charge >= 0.3 is 11.9 Å². The maximum atomic E-state index is 14.2. The molecule has 18 heteroatoms. The van der Waals surface area contributed by atoms with E-state index < -0.39 is 82.1 Å². The lowest BCUT2D eigenvalue weighted by atomic mass is 9.89. The molecule has 0 aliphatic heterocycles. The summed E-state index contributed by atoms with van der Waals surface area (Å²) in [5.41, 5.74) is -0.461. The van der Waals surface area contributed by atoms with Crippen molar-refractivity contribution in [1.82, 2.24) is 0 Å². The van der Waals surface area contributed by atoms with Crippen molar-refractivity contribution >= 4 is 58.7 Å². The summed E-state index contributed by atoms with van der Waals surface area (Å²) in [6, 6.07) is 9.80. The smallest absolute Gasteiger partial charge is 0.306 e. The predicted octanol–water partition coefficient (Wildman–Crippen LogP) is 10.5. The Morgan fingerprint density at radius 1 is 0.500 bits per heavy atom. The van der Waals surface area contributed by atoms with Crippen LogP contribution < -0.4 is 10.6 Å². The van der Waals surface area contributed by atoms with Crippen molar-refractivity contribution in [1.29, 1.82) is 0 Å². The molecule has 2 aliphatic carbocycles. The lowest BCUT2D eigenvalue weighted by Crippen LogP contribution is -2.24. The van der Waals surface area contributed by atoms with Crippen LogP contribution in [0.2, 0.25) is 0 Å². The zero-order valence-corrected chi connectivity index (χ0v) is 31.7. The molecule has 0 spiro atoms. The average Bonchev–Trinajstić information content (AvgIpc) is 3.18. The zero-order chi connectivity index (χ0) is 42.3. The molecule has 58 heavy (non-hydrogen) atoms. The first-order valence-corrected chi connectivity index (χ1v) is 19.5. The molecule has 4 N–H and O–H groups in total. The fourth-order valence-corrected chi connectivity index (χ4v) is 9.14. The summed E-state index contributed by atoms with van der Waals surface area (Å²) in [6.45, 7) is 0. The number of benzene rings is 4. The van der Waals surface area contributed by atoms with E-state index in [1.165, 1.54) is 47.8 Å². The van der Waals surface area contributed by atoms with Gasteiger partial charge in [-0.25, -0.2) is 35.1 Å². The van der Waals surface area contributed by atoms with Crippen LogP contribution in [0.3, 0.4) is 0 Å². The lowest BCUT2D eigenvalue weighted by molar-refractivity contribution is -0.143. The maximum Gasteiger partial charge on any atom is 0.306 e. The van der Waals surface area contributed by atoms with Gasteiger partial charge in [0.15, 0.2) is 34.9 Å². The Labute approximate surface area is 334 Å². The first kappa shape index (κ1) is 44.0. The molecule has 2 aliphatic rings. The third kappa shape index (κ3) is 11.5. The van der Waals surface area contributed by atoms with Crippen LogP contribution in [0.15, 0.2) is 70.5 Å². The van der Waals surface area contributed by atoms with Gasteiger partial charge in [-0.05, 0) is 74.9 Å². The van der Waals surface area contributed by atoms with E-state index in [0.717, 1.165) is 37.8 Å². The van der Waals surface area contributed by atoms with Crippen molar-refractivity contribution < 1.29 is 64.5 Å². The third-order valence-electron chi connectivity index (χ3n) is 9.41. The van der Waals surface area contributed by atoms with Crippen LogP contribution >= 0.6 is 23.5 Å². The van der Waals surface area contributed by atoms with Crippen LogP contribution in [0.4, 0.5) is 46.5 Å². The molecule has 0 radical (unpaired) electrons. The first-order valence-electron chi connectivity index (χ1n) is 17.8. The van der Waals surface area contributed by atoms with E-state index in [9.17, 15) is 64.5 Å². The van der Waals surface area contributed by atoms with E-state index in [1.807, 2.05) is 0 Å². The zero-order valence-electron chi connectivity index (χ0n) is 30.1. The molecule has 4 aromatic carbocycles. The van der Waals surface area contributed by atoms with Gasteiger partial charge < -0.3 is 20.8 Å². The summed E-state index contributed by atoms with van der Waals surface area (Å²) in [5.74, 6) is -14.3. The number of halogens is 8. The molecule has 8 nitrogen and oxygen atoms in total. The number of aliphatic carboxylic acids is 2. The standard InChI is InChI=1S/2C20H17F4NO3S/c2*21-14-5-4-10(19(26)25-12-8-15(22)18(24)16(23)9-12)7-17(14)29-13-3-1-2-11(6-13)20(27)28/h2*4-5,7-9,11,13H,1-3,6H2,(H,25,26)(H,27,28)/t2*11-,13?/m10/s1. The molecule has 0 aromatic heterocycles. The molecule has 2 amide bonds. The Bertz CT molecular complexity index is 2010. The van der Waals surface area contributed by atoms with Crippen LogP contribution in [-0.2, 0) is 9.59 Å². The molecule has 0 heterocycles. The van der Waals surface area contributed by atoms with E-state index in [-0.39, 0.29) is 42.8 Å². The van der Waals surface area contributed by atoms with Crippen LogP contribution in [0.1, 0.15) is 72.1 Å². The van der Waals surface area contributed by atoms with Crippen LogP contribution in [0.5, 0.6) is 0 Å². The number of carbonyl (C=O) groups excluding carboxylic acids is 2. The van der Waals surface area contributed by atoms with Gasteiger partial charge in [-0.15, -0.1) is 23.5 Å². The number of carboxylic acids is 2.